The molecule has 2 aromatic heterocycles. The van der Waals surface area contributed by atoms with E-state index in [1.165, 1.54) is 12.1 Å². The second-order valence-electron chi connectivity index (χ2n) is 9.66. The van der Waals surface area contributed by atoms with Crippen molar-refractivity contribution in [2.75, 3.05) is 11.9 Å². The average Bonchev–Trinajstić information content (AvgIpc) is 3.42. The van der Waals surface area contributed by atoms with Crippen LogP contribution < -0.4 is 10.6 Å². The Morgan fingerprint density at radius 1 is 1.02 bits per heavy atom. The molecule has 5 rings (SSSR count). The zero-order valence-electron chi connectivity index (χ0n) is 21.9. The molecule has 6 nitrogen and oxygen atoms in total. The van der Waals surface area contributed by atoms with Crippen LogP contribution in [0.1, 0.15) is 46.7 Å². The second kappa shape index (κ2) is 11.1. The first-order chi connectivity index (χ1) is 19.1. The number of nitrogens with one attached hydrogen (secondary N) is 2. The number of nitrogens with zero attached hydrogens (tertiary/aromatic N) is 3. The fraction of sp³-hybridized carbons (Fsp3) is 0.233. The van der Waals surface area contributed by atoms with Gasteiger partial charge in [-0.2, -0.15) is 13.2 Å². The van der Waals surface area contributed by atoms with E-state index in [4.69, 9.17) is 12.2 Å². The Bertz CT molecular complexity index is 1520. The van der Waals surface area contributed by atoms with Crippen LogP contribution in [0.4, 0.5) is 18.9 Å². The lowest BCUT2D eigenvalue weighted by Gasteiger charge is -2.28. The molecular weight excluding hydrogens is 535 g/mol. The first-order valence-corrected chi connectivity index (χ1v) is 13.2. The minimum atomic E-state index is -4.51. The first kappa shape index (κ1) is 27.4. The molecule has 0 aliphatic carbocycles. The fourth-order valence-corrected chi connectivity index (χ4v) is 5.65. The zero-order valence-corrected chi connectivity index (χ0v) is 22.8. The highest BCUT2D eigenvalue weighted by atomic mass is 32.1. The summed E-state index contributed by atoms with van der Waals surface area (Å²) >= 11 is 5.72. The van der Waals surface area contributed by atoms with Gasteiger partial charge < -0.3 is 20.1 Å². The smallest absolute Gasteiger partial charge is 0.352 e. The molecule has 1 aliphatic rings. The molecule has 4 aromatic rings. The lowest BCUT2D eigenvalue weighted by molar-refractivity contribution is -0.137. The predicted molar refractivity (Wildman–Crippen MR) is 152 cm³/mol. The summed E-state index contributed by atoms with van der Waals surface area (Å²) in [6.45, 7) is 3.91. The van der Waals surface area contributed by atoms with Crippen molar-refractivity contribution in [3.05, 3.63) is 113 Å². The van der Waals surface area contributed by atoms with Gasteiger partial charge in [-0.3, -0.25) is 9.78 Å². The Labute approximate surface area is 235 Å². The standard InChI is InChI=1S/C30H28F3N5OS/c1-19-18-22(20(2)38(19)25-14-7-6-12-23(25)30(31,32)33)28-27(24-13-8-9-16-34-24)36-29(40)37(28)17-15-26(39)35-21-10-4-3-5-11-21/h3-14,16,18,27-28H,15,17H2,1-2H3,(H,35,39)(H,36,40)/t27-,28+/m0/s1. The van der Waals surface area contributed by atoms with Crippen LogP contribution in [-0.4, -0.2) is 32.0 Å². The topological polar surface area (TPSA) is 62.2 Å². The summed E-state index contributed by atoms with van der Waals surface area (Å²) in [5.74, 6) is -0.168. The second-order valence-corrected chi connectivity index (χ2v) is 10.0. The normalized spacial score (nSPS) is 17.1. The maximum atomic E-state index is 13.9. The molecule has 2 N–H and O–H groups in total. The predicted octanol–water partition coefficient (Wildman–Crippen LogP) is 6.51. The molecule has 2 atom stereocenters. The summed E-state index contributed by atoms with van der Waals surface area (Å²) in [5, 5.41) is 6.69. The van der Waals surface area contributed by atoms with E-state index in [1.54, 1.807) is 23.8 Å². The minimum Gasteiger partial charge on any atom is -0.352 e. The van der Waals surface area contributed by atoms with Gasteiger partial charge in [-0.25, -0.2) is 0 Å². The van der Waals surface area contributed by atoms with Crippen molar-refractivity contribution in [1.82, 2.24) is 19.8 Å². The molecule has 0 spiro atoms. The quantitative estimate of drug-likeness (QED) is 0.251. The number of amides is 1. The van der Waals surface area contributed by atoms with Gasteiger partial charge in [0.1, 0.15) is 0 Å². The van der Waals surface area contributed by atoms with Crippen molar-refractivity contribution < 1.29 is 18.0 Å². The summed E-state index contributed by atoms with van der Waals surface area (Å²) in [7, 11) is 0. The van der Waals surface area contributed by atoms with Gasteiger partial charge in [-0.1, -0.05) is 36.4 Å². The lowest BCUT2D eigenvalue weighted by Crippen LogP contribution is -2.32. The van der Waals surface area contributed by atoms with Crippen molar-refractivity contribution in [1.29, 1.82) is 0 Å². The number of para-hydroxylation sites is 2. The van der Waals surface area contributed by atoms with Gasteiger partial charge in [0.2, 0.25) is 5.91 Å². The van der Waals surface area contributed by atoms with Crippen LogP contribution in [0.3, 0.4) is 0 Å². The monoisotopic (exact) mass is 563 g/mol. The molecule has 1 fully saturated rings. The van der Waals surface area contributed by atoms with E-state index in [0.29, 0.717) is 28.7 Å². The van der Waals surface area contributed by atoms with Gasteiger partial charge in [0.15, 0.2) is 5.11 Å². The van der Waals surface area contributed by atoms with Gasteiger partial charge in [-0.15, -0.1) is 0 Å². The summed E-state index contributed by atoms with van der Waals surface area (Å²) < 4.78 is 43.5. The summed E-state index contributed by atoms with van der Waals surface area (Å²) in [6, 6.07) is 21.5. The summed E-state index contributed by atoms with van der Waals surface area (Å²) in [5.41, 5.74) is 2.91. The minimum absolute atomic E-state index is 0.0629. The molecule has 10 heteroatoms. The number of aryl methyl sites for hydroxylation is 1. The van der Waals surface area contributed by atoms with Crippen LogP contribution in [0.5, 0.6) is 0 Å². The van der Waals surface area contributed by atoms with E-state index in [1.807, 2.05) is 66.4 Å². The Balaban J connectivity index is 1.52. The highest BCUT2D eigenvalue weighted by Gasteiger charge is 2.42. The van der Waals surface area contributed by atoms with Crippen LogP contribution in [0.15, 0.2) is 85.1 Å². The number of halogens is 3. The Morgan fingerprint density at radius 3 is 2.42 bits per heavy atom. The molecular formula is C30H28F3N5OS. The maximum Gasteiger partial charge on any atom is 0.418 e. The first-order valence-electron chi connectivity index (χ1n) is 12.8. The Morgan fingerprint density at radius 2 is 1.73 bits per heavy atom. The molecule has 40 heavy (non-hydrogen) atoms. The number of carbonyl (C=O) groups excluding carboxylic acids is 1. The Kier molecular flexibility index (Phi) is 7.62. The number of aromatic nitrogens is 2. The van der Waals surface area contributed by atoms with Crippen LogP contribution in [0.25, 0.3) is 5.69 Å². The van der Waals surface area contributed by atoms with Crippen LogP contribution in [0, 0.1) is 13.8 Å². The number of carbonyl (C=O) groups is 1. The SMILES string of the molecule is Cc1cc([C@@H]2[C@H](c3ccccn3)NC(=S)N2CCC(=O)Nc2ccccc2)c(C)n1-c1ccccc1C(F)(F)F. The zero-order chi connectivity index (χ0) is 28.4. The number of benzene rings is 2. The van der Waals surface area contributed by atoms with Crippen LogP contribution in [-0.2, 0) is 11.0 Å². The average molecular weight is 564 g/mol. The van der Waals surface area contributed by atoms with E-state index in [0.717, 1.165) is 17.3 Å². The summed E-state index contributed by atoms with van der Waals surface area (Å²) in [6.07, 6.45) is -2.65. The van der Waals surface area contributed by atoms with E-state index < -0.39 is 17.8 Å². The van der Waals surface area contributed by atoms with E-state index in [9.17, 15) is 18.0 Å². The van der Waals surface area contributed by atoms with Gasteiger partial charge in [0.25, 0.3) is 0 Å². The highest BCUT2D eigenvalue weighted by Crippen LogP contribution is 2.42. The molecule has 0 radical (unpaired) electrons. The number of rotatable bonds is 7. The third kappa shape index (κ3) is 5.44. The number of hydrogen-bond acceptors (Lipinski definition) is 3. The molecule has 0 unspecified atom stereocenters. The molecule has 1 saturated heterocycles. The molecule has 3 heterocycles. The van der Waals surface area contributed by atoms with Gasteiger partial charge >= 0.3 is 6.18 Å². The van der Waals surface area contributed by atoms with Gasteiger partial charge in [-0.05, 0) is 74.1 Å². The molecule has 2 aromatic carbocycles. The Hall–Kier alpha value is -4.18. The number of anilines is 1. The van der Waals surface area contributed by atoms with Crippen molar-refractivity contribution in [3.8, 4) is 5.69 Å². The van der Waals surface area contributed by atoms with E-state index in [2.05, 4.69) is 15.6 Å². The molecule has 0 bridgehead atoms. The number of thiocarbonyl (C=S) groups is 1. The fourth-order valence-electron chi connectivity index (χ4n) is 5.32. The molecule has 0 saturated carbocycles. The van der Waals surface area contributed by atoms with Gasteiger partial charge in [0.05, 0.1) is 29.0 Å². The third-order valence-corrected chi connectivity index (χ3v) is 7.43. The lowest BCUT2D eigenvalue weighted by atomic mass is 9.96. The van der Waals surface area contributed by atoms with Crippen molar-refractivity contribution in [3.63, 3.8) is 0 Å². The van der Waals surface area contributed by atoms with Crippen molar-refractivity contribution >= 4 is 28.9 Å². The maximum absolute atomic E-state index is 13.9. The number of hydrogen-bond donors (Lipinski definition) is 2. The number of pyridine rings is 1. The third-order valence-electron chi connectivity index (χ3n) is 7.07. The highest BCUT2D eigenvalue weighted by molar-refractivity contribution is 7.80. The van der Waals surface area contributed by atoms with E-state index >= 15 is 0 Å². The largest absolute Gasteiger partial charge is 0.418 e. The van der Waals surface area contributed by atoms with Crippen LogP contribution in [0.2, 0.25) is 0 Å². The molecule has 1 aliphatic heterocycles. The van der Waals surface area contributed by atoms with Crippen molar-refractivity contribution in [2.45, 2.75) is 38.5 Å². The molecule has 1 amide bonds. The van der Waals surface area contributed by atoms with Crippen LogP contribution >= 0.6 is 12.2 Å². The summed E-state index contributed by atoms with van der Waals surface area (Å²) in [4.78, 5) is 19.3. The van der Waals surface area contributed by atoms with E-state index in [-0.39, 0.29) is 24.1 Å². The van der Waals surface area contributed by atoms with Gasteiger partial charge in [0, 0.05) is 36.2 Å². The molecule has 206 valence electrons. The van der Waals surface area contributed by atoms with Crippen molar-refractivity contribution in [2.24, 2.45) is 0 Å². The number of alkyl halides is 3.